The largest absolute Gasteiger partial charge is 0.382 e. The Labute approximate surface area is 132 Å². The molecule has 1 aliphatic carbocycles. The predicted molar refractivity (Wildman–Crippen MR) is 91.7 cm³/mol. The summed E-state index contributed by atoms with van der Waals surface area (Å²) >= 11 is 0. The number of nitrogens with one attached hydrogen (secondary N) is 1. The maximum Gasteiger partial charge on any atom is 0.0766 e. The van der Waals surface area contributed by atoms with Crippen LogP contribution in [0, 0.1) is 6.92 Å². The summed E-state index contributed by atoms with van der Waals surface area (Å²) in [6.45, 7) is 3.75. The summed E-state index contributed by atoms with van der Waals surface area (Å²) in [6, 6.07) is 8.61. The van der Waals surface area contributed by atoms with E-state index < -0.39 is 0 Å². The van der Waals surface area contributed by atoms with Crippen molar-refractivity contribution >= 4 is 5.69 Å². The quantitative estimate of drug-likeness (QED) is 0.801. The molecule has 4 heteroatoms. The molecule has 0 unspecified atom stereocenters. The summed E-state index contributed by atoms with van der Waals surface area (Å²) in [4.78, 5) is 0. The lowest BCUT2D eigenvalue weighted by atomic mass is 10.0. The van der Waals surface area contributed by atoms with Crippen LogP contribution in [0.5, 0.6) is 0 Å². The maximum atomic E-state index is 5.60. The van der Waals surface area contributed by atoms with Gasteiger partial charge in [-0.2, -0.15) is 5.10 Å². The monoisotopic (exact) mass is 298 g/mol. The second-order valence-corrected chi connectivity index (χ2v) is 6.24. The molecule has 3 N–H and O–H groups in total. The Morgan fingerprint density at radius 1 is 1.23 bits per heavy atom. The fourth-order valence-electron chi connectivity index (χ4n) is 3.30. The fourth-order valence-corrected chi connectivity index (χ4v) is 3.30. The zero-order valence-corrected chi connectivity index (χ0v) is 13.4. The molecule has 3 rings (SSSR count). The Hall–Kier alpha value is -1.81. The highest BCUT2D eigenvalue weighted by atomic mass is 15.3. The van der Waals surface area contributed by atoms with Gasteiger partial charge < -0.3 is 11.1 Å². The van der Waals surface area contributed by atoms with Crippen LogP contribution in [-0.4, -0.2) is 22.9 Å². The lowest BCUT2D eigenvalue weighted by Crippen LogP contribution is -2.11. The number of hydrogen-bond donors (Lipinski definition) is 2. The van der Waals surface area contributed by atoms with E-state index in [-0.39, 0.29) is 0 Å². The number of nitrogens with zero attached hydrogens (tertiary/aromatic N) is 2. The van der Waals surface area contributed by atoms with Gasteiger partial charge in [-0.25, -0.2) is 4.68 Å². The average molecular weight is 298 g/mol. The van der Waals surface area contributed by atoms with E-state index in [1.165, 1.54) is 42.6 Å². The van der Waals surface area contributed by atoms with Crippen LogP contribution in [-0.2, 0) is 0 Å². The molecule has 0 bridgehead atoms. The van der Waals surface area contributed by atoms with Crippen LogP contribution in [0.3, 0.4) is 0 Å². The van der Waals surface area contributed by atoms with E-state index >= 15 is 0 Å². The van der Waals surface area contributed by atoms with E-state index in [9.17, 15) is 0 Å². The molecule has 1 fully saturated rings. The summed E-state index contributed by atoms with van der Waals surface area (Å²) in [5.41, 5.74) is 10.6. The van der Waals surface area contributed by atoms with Crippen molar-refractivity contribution in [3.8, 4) is 5.69 Å². The molecule has 1 saturated carbocycles. The van der Waals surface area contributed by atoms with Crippen molar-refractivity contribution in [1.29, 1.82) is 0 Å². The first-order chi connectivity index (χ1) is 10.8. The molecule has 0 atom stereocenters. The van der Waals surface area contributed by atoms with Gasteiger partial charge >= 0.3 is 0 Å². The van der Waals surface area contributed by atoms with Gasteiger partial charge in [0.1, 0.15) is 0 Å². The van der Waals surface area contributed by atoms with E-state index in [0.717, 1.165) is 25.2 Å². The molecular formula is C18H26N4. The van der Waals surface area contributed by atoms with Crippen molar-refractivity contribution in [2.45, 2.75) is 44.9 Å². The first kappa shape index (κ1) is 15.1. The van der Waals surface area contributed by atoms with E-state index in [0.29, 0.717) is 5.92 Å². The Kier molecular flexibility index (Phi) is 4.78. The van der Waals surface area contributed by atoms with Gasteiger partial charge in [0.25, 0.3) is 0 Å². The summed E-state index contributed by atoms with van der Waals surface area (Å²) in [7, 11) is 0. The molecule has 22 heavy (non-hydrogen) atoms. The van der Waals surface area contributed by atoms with E-state index in [1.54, 1.807) is 0 Å². The molecule has 2 aromatic rings. The normalized spacial score (nSPS) is 15.4. The number of anilines is 1. The van der Waals surface area contributed by atoms with Crippen molar-refractivity contribution < 1.29 is 0 Å². The summed E-state index contributed by atoms with van der Waals surface area (Å²) < 4.78 is 2.13. The Morgan fingerprint density at radius 3 is 2.64 bits per heavy atom. The highest BCUT2D eigenvalue weighted by molar-refractivity contribution is 5.52. The van der Waals surface area contributed by atoms with Crippen molar-refractivity contribution in [2.75, 3.05) is 18.4 Å². The number of hydrogen-bond acceptors (Lipinski definition) is 3. The molecule has 0 spiro atoms. The Bertz CT molecular complexity index is 594. The molecule has 0 radical (unpaired) electrons. The number of aryl methyl sites for hydroxylation is 1. The minimum Gasteiger partial charge on any atom is -0.382 e. The number of benzene rings is 1. The lowest BCUT2D eigenvalue weighted by molar-refractivity contribution is 0.655. The Balaban J connectivity index is 1.92. The third kappa shape index (κ3) is 3.17. The van der Waals surface area contributed by atoms with Gasteiger partial charge in [-0.05, 0) is 44.9 Å². The summed E-state index contributed by atoms with van der Waals surface area (Å²) in [5.74, 6) is 0.615. The van der Waals surface area contributed by atoms with Crippen LogP contribution >= 0.6 is 0 Å². The standard InChI is InChI=1S/C18H26N4/c1-14-7-9-16(10-8-14)22-18(15-5-2-3-6-15)17(13-21-22)20-12-4-11-19/h7-10,13,15,20H,2-6,11-12,19H2,1H3. The SMILES string of the molecule is Cc1ccc(-n2ncc(NCCCN)c2C2CCCC2)cc1. The second kappa shape index (κ2) is 6.97. The van der Waals surface area contributed by atoms with Crippen molar-refractivity contribution in [3.63, 3.8) is 0 Å². The maximum absolute atomic E-state index is 5.60. The van der Waals surface area contributed by atoms with Crippen molar-refractivity contribution in [1.82, 2.24) is 9.78 Å². The molecule has 1 aliphatic rings. The van der Waals surface area contributed by atoms with Crippen LogP contribution in [0.2, 0.25) is 0 Å². The zero-order chi connectivity index (χ0) is 15.4. The van der Waals surface area contributed by atoms with Crippen LogP contribution in [0.4, 0.5) is 5.69 Å². The van der Waals surface area contributed by atoms with Crippen LogP contribution in [0.15, 0.2) is 30.5 Å². The molecule has 1 heterocycles. The van der Waals surface area contributed by atoms with Gasteiger partial charge in [-0.15, -0.1) is 0 Å². The number of nitrogens with two attached hydrogens (primary N) is 1. The van der Waals surface area contributed by atoms with E-state index in [2.05, 4.69) is 46.3 Å². The first-order valence-electron chi connectivity index (χ1n) is 8.38. The highest BCUT2D eigenvalue weighted by Crippen LogP contribution is 2.38. The van der Waals surface area contributed by atoms with Crippen LogP contribution < -0.4 is 11.1 Å². The first-order valence-corrected chi connectivity index (χ1v) is 8.38. The molecule has 0 amide bonds. The van der Waals surface area contributed by atoms with Crippen LogP contribution in [0.25, 0.3) is 5.69 Å². The molecule has 0 aliphatic heterocycles. The fraction of sp³-hybridized carbons (Fsp3) is 0.500. The number of rotatable bonds is 6. The summed E-state index contributed by atoms with van der Waals surface area (Å²) in [5, 5.41) is 8.19. The van der Waals surface area contributed by atoms with Gasteiger partial charge in [-0.3, -0.25) is 0 Å². The average Bonchev–Trinajstić information content (AvgIpc) is 3.17. The summed E-state index contributed by atoms with van der Waals surface area (Å²) in [6.07, 6.45) is 8.15. The third-order valence-corrected chi connectivity index (χ3v) is 4.52. The second-order valence-electron chi connectivity index (χ2n) is 6.24. The number of aromatic nitrogens is 2. The van der Waals surface area contributed by atoms with Gasteiger partial charge in [-0.1, -0.05) is 30.5 Å². The molecule has 4 nitrogen and oxygen atoms in total. The molecular weight excluding hydrogens is 272 g/mol. The van der Waals surface area contributed by atoms with Gasteiger partial charge in [0, 0.05) is 12.5 Å². The van der Waals surface area contributed by atoms with Gasteiger partial charge in [0.2, 0.25) is 0 Å². The smallest absolute Gasteiger partial charge is 0.0766 e. The molecule has 1 aromatic heterocycles. The van der Waals surface area contributed by atoms with E-state index in [1.807, 2.05) is 6.20 Å². The van der Waals surface area contributed by atoms with Gasteiger partial charge in [0.15, 0.2) is 0 Å². The van der Waals surface area contributed by atoms with Crippen molar-refractivity contribution in [3.05, 3.63) is 41.7 Å². The third-order valence-electron chi connectivity index (χ3n) is 4.52. The van der Waals surface area contributed by atoms with E-state index in [4.69, 9.17) is 5.73 Å². The topological polar surface area (TPSA) is 55.9 Å². The van der Waals surface area contributed by atoms with Gasteiger partial charge in [0.05, 0.1) is 23.3 Å². The molecule has 0 saturated heterocycles. The molecule has 118 valence electrons. The predicted octanol–water partition coefficient (Wildman–Crippen LogP) is 3.60. The van der Waals surface area contributed by atoms with Crippen LogP contribution in [0.1, 0.15) is 49.3 Å². The minimum absolute atomic E-state index is 0.615. The Morgan fingerprint density at radius 2 is 1.95 bits per heavy atom. The highest BCUT2D eigenvalue weighted by Gasteiger charge is 2.25. The zero-order valence-electron chi connectivity index (χ0n) is 13.4. The molecule has 1 aromatic carbocycles. The van der Waals surface area contributed by atoms with Crippen molar-refractivity contribution in [2.24, 2.45) is 5.73 Å². The minimum atomic E-state index is 0.615. The lowest BCUT2D eigenvalue weighted by Gasteiger charge is -2.16.